The molecule has 1 aromatic rings. The Kier molecular flexibility index (Phi) is 3.28. The van der Waals surface area contributed by atoms with Gasteiger partial charge in [0, 0.05) is 12.1 Å². The van der Waals surface area contributed by atoms with Crippen molar-refractivity contribution in [3.05, 3.63) is 33.3 Å². The molecule has 1 fully saturated rings. The fourth-order valence-corrected chi connectivity index (χ4v) is 1.78. The van der Waals surface area contributed by atoms with Crippen LogP contribution in [0.1, 0.15) is 19.3 Å². The molecule has 0 aromatic heterocycles. The molecule has 0 radical (unpaired) electrons. The molecule has 0 saturated heterocycles. The number of hydrogen-bond donors (Lipinski definition) is 0. The fraction of sp³-hybridized carbons (Fsp3) is 0.364. The molecule has 1 aliphatic carbocycles. The van der Waals surface area contributed by atoms with Crippen molar-refractivity contribution in [3.63, 3.8) is 0 Å². The van der Waals surface area contributed by atoms with Crippen LogP contribution in [0, 0.1) is 16.0 Å². The number of nitrogens with zero attached hydrogens (tertiary/aromatic N) is 1. The lowest BCUT2D eigenvalue weighted by Gasteiger charge is -2.22. The van der Waals surface area contributed by atoms with Crippen LogP contribution in [0.25, 0.3) is 0 Å². The Labute approximate surface area is 102 Å². The maximum absolute atomic E-state index is 11.5. The number of hydrogen-bond acceptors (Lipinski definition) is 4. The molecule has 0 amide bonds. The van der Waals surface area contributed by atoms with Gasteiger partial charge >= 0.3 is 5.97 Å². The summed E-state index contributed by atoms with van der Waals surface area (Å²) in [6.45, 7) is 0. The van der Waals surface area contributed by atoms with E-state index in [9.17, 15) is 14.9 Å². The minimum Gasteiger partial charge on any atom is -0.426 e. The molecule has 6 heteroatoms. The molecule has 0 unspecified atom stereocenters. The largest absolute Gasteiger partial charge is 0.426 e. The van der Waals surface area contributed by atoms with Crippen LogP contribution in [0.15, 0.2) is 18.2 Å². The highest BCUT2D eigenvalue weighted by Crippen LogP contribution is 2.31. The molecule has 0 aliphatic heterocycles. The second-order valence-electron chi connectivity index (χ2n) is 3.92. The summed E-state index contributed by atoms with van der Waals surface area (Å²) in [5.41, 5.74) is -0.199. The van der Waals surface area contributed by atoms with Gasteiger partial charge in [0.05, 0.1) is 10.8 Å². The Morgan fingerprint density at radius 2 is 2.18 bits per heavy atom. The Morgan fingerprint density at radius 1 is 1.47 bits per heavy atom. The summed E-state index contributed by atoms with van der Waals surface area (Å²) in [5.74, 6) is -0.0809. The first-order chi connectivity index (χ1) is 8.08. The summed E-state index contributed by atoms with van der Waals surface area (Å²) in [5, 5.41) is 10.5. The second-order valence-corrected chi connectivity index (χ2v) is 4.33. The number of carbonyl (C=O) groups excluding carboxylic acids is 1. The van der Waals surface area contributed by atoms with Crippen LogP contribution in [0.3, 0.4) is 0 Å². The van der Waals surface area contributed by atoms with Crippen LogP contribution < -0.4 is 4.74 Å². The number of rotatable bonds is 3. The number of carbonyl (C=O) groups is 1. The first-order valence-corrected chi connectivity index (χ1v) is 5.61. The predicted octanol–water partition coefficient (Wildman–Crippen LogP) is 2.95. The Bertz CT molecular complexity index is 471. The van der Waals surface area contributed by atoms with Crippen LogP contribution in [-0.4, -0.2) is 10.9 Å². The highest BCUT2D eigenvalue weighted by atomic mass is 35.5. The monoisotopic (exact) mass is 255 g/mol. The lowest BCUT2D eigenvalue weighted by molar-refractivity contribution is -0.384. The normalized spacial score (nSPS) is 15.1. The van der Waals surface area contributed by atoms with Gasteiger partial charge in [0.2, 0.25) is 0 Å². The van der Waals surface area contributed by atoms with E-state index in [0.717, 1.165) is 19.3 Å². The maximum atomic E-state index is 11.5. The van der Waals surface area contributed by atoms with Crippen molar-refractivity contribution in [3.8, 4) is 5.75 Å². The van der Waals surface area contributed by atoms with Gasteiger partial charge in [0.15, 0.2) is 0 Å². The van der Waals surface area contributed by atoms with E-state index in [2.05, 4.69) is 0 Å². The van der Waals surface area contributed by atoms with Gasteiger partial charge in [0.25, 0.3) is 5.69 Å². The average Bonchev–Trinajstić information content (AvgIpc) is 2.13. The van der Waals surface area contributed by atoms with Gasteiger partial charge in [0.1, 0.15) is 10.8 Å². The molecule has 17 heavy (non-hydrogen) atoms. The molecular weight excluding hydrogens is 246 g/mol. The van der Waals surface area contributed by atoms with Crippen molar-refractivity contribution in [2.45, 2.75) is 19.3 Å². The molecular formula is C11H10ClNO4. The van der Waals surface area contributed by atoms with Gasteiger partial charge in [-0.25, -0.2) is 0 Å². The molecule has 1 saturated carbocycles. The van der Waals surface area contributed by atoms with Crippen molar-refractivity contribution < 1.29 is 14.5 Å². The highest BCUT2D eigenvalue weighted by Gasteiger charge is 2.27. The third kappa shape index (κ3) is 2.55. The smallest absolute Gasteiger partial charge is 0.314 e. The van der Waals surface area contributed by atoms with E-state index in [4.69, 9.17) is 16.3 Å². The quantitative estimate of drug-likeness (QED) is 0.360. The van der Waals surface area contributed by atoms with E-state index in [0.29, 0.717) is 0 Å². The molecule has 0 spiro atoms. The van der Waals surface area contributed by atoms with Crippen LogP contribution in [0.2, 0.25) is 5.02 Å². The van der Waals surface area contributed by atoms with E-state index in [1.807, 2.05) is 0 Å². The van der Waals surface area contributed by atoms with Crippen molar-refractivity contribution in [2.75, 3.05) is 0 Å². The standard InChI is InChI=1S/C11H10ClNO4/c12-9-6-8(4-5-10(9)13(15)16)17-11(14)7-2-1-3-7/h4-7H,1-3H2. The Morgan fingerprint density at radius 3 is 2.65 bits per heavy atom. The van der Waals surface area contributed by atoms with E-state index >= 15 is 0 Å². The first-order valence-electron chi connectivity index (χ1n) is 5.23. The van der Waals surface area contributed by atoms with Gasteiger partial charge in [-0.05, 0) is 18.9 Å². The van der Waals surface area contributed by atoms with Crippen LogP contribution in [-0.2, 0) is 4.79 Å². The van der Waals surface area contributed by atoms with Crippen molar-refractivity contribution in [2.24, 2.45) is 5.92 Å². The summed E-state index contributed by atoms with van der Waals surface area (Å²) in [6, 6.07) is 3.89. The molecule has 1 aromatic carbocycles. The Balaban J connectivity index is 2.09. The van der Waals surface area contributed by atoms with Gasteiger partial charge in [-0.1, -0.05) is 18.0 Å². The Hall–Kier alpha value is -1.62. The molecule has 5 nitrogen and oxygen atoms in total. The molecule has 0 N–H and O–H groups in total. The molecule has 0 bridgehead atoms. The minimum absolute atomic E-state index is 0.0334. The summed E-state index contributed by atoms with van der Waals surface area (Å²) < 4.78 is 5.09. The van der Waals surface area contributed by atoms with Crippen molar-refractivity contribution in [1.82, 2.24) is 0 Å². The number of esters is 1. The molecule has 1 aliphatic rings. The fourth-order valence-electron chi connectivity index (χ4n) is 1.54. The summed E-state index contributed by atoms with van der Waals surface area (Å²) in [6.07, 6.45) is 2.74. The molecule has 0 heterocycles. The second kappa shape index (κ2) is 4.71. The van der Waals surface area contributed by atoms with E-state index < -0.39 is 4.92 Å². The first kappa shape index (κ1) is 11.9. The molecule has 2 rings (SSSR count). The lowest BCUT2D eigenvalue weighted by Crippen LogP contribution is -2.26. The zero-order valence-electron chi connectivity index (χ0n) is 8.89. The van der Waals surface area contributed by atoms with Gasteiger partial charge in [-0.2, -0.15) is 0 Å². The number of nitro groups is 1. The predicted molar refractivity (Wildman–Crippen MR) is 61.1 cm³/mol. The topological polar surface area (TPSA) is 69.4 Å². The van der Waals surface area contributed by atoms with Crippen LogP contribution in [0.5, 0.6) is 5.75 Å². The minimum atomic E-state index is -0.583. The third-order valence-corrected chi connectivity index (χ3v) is 3.08. The maximum Gasteiger partial charge on any atom is 0.314 e. The SMILES string of the molecule is O=C(Oc1ccc([N+](=O)[O-])c(Cl)c1)C1CCC1. The molecule has 0 atom stereocenters. The summed E-state index contributed by atoms with van der Waals surface area (Å²) in [7, 11) is 0. The average molecular weight is 256 g/mol. The highest BCUT2D eigenvalue weighted by molar-refractivity contribution is 6.32. The zero-order valence-corrected chi connectivity index (χ0v) is 9.64. The lowest BCUT2D eigenvalue weighted by atomic mass is 9.86. The van der Waals surface area contributed by atoms with Crippen molar-refractivity contribution in [1.29, 1.82) is 0 Å². The van der Waals surface area contributed by atoms with E-state index in [-0.39, 0.29) is 28.3 Å². The van der Waals surface area contributed by atoms with Gasteiger partial charge < -0.3 is 4.74 Å². The zero-order chi connectivity index (χ0) is 12.4. The molecule has 90 valence electrons. The number of benzene rings is 1. The number of halogens is 1. The summed E-state index contributed by atoms with van der Waals surface area (Å²) in [4.78, 5) is 21.5. The number of ether oxygens (including phenoxy) is 1. The van der Waals surface area contributed by atoms with Gasteiger partial charge in [-0.15, -0.1) is 0 Å². The van der Waals surface area contributed by atoms with E-state index in [1.54, 1.807) is 0 Å². The van der Waals surface area contributed by atoms with Gasteiger partial charge in [-0.3, -0.25) is 14.9 Å². The van der Waals surface area contributed by atoms with Crippen LogP contribution in [0.4, 0.5) is 5.69 Å². The number of nitro benzene ring substituents is 1. The summed E-state index contributed by atoms with van der Waals surface area (Å²) >= 11 is 5.70. The van der Waals surface area contributed by atoms with Crippen molar-refractivity contribution >= 4 is 23.3 Å². The third-order valence-electron chi connectivity index (χ3n) is 2.77. The van der Waals surface area contributed by atoms with Crippen LogP contribution >= 0.6 is 11.6 Å². The van der Waals surface area contributed by atoms with E-state index in [1.165, 1.54) is 18.2 Å².